The maximum absolute atomic E-state index is 14.1. The fraction of sp³-hybridized carbons (Fsp3) is 0.345. The number of aliphatic hydroxyl groups excluding tert-OH is 1. The van der Waals surface area contributed by atoms with E-state index >= 15 is 0 Å². The SMILES string of the molecule is C/C=C(/C1=C(C(=O)O)N2C(=O)[C@H]([C@@H](C)O)[C@H]2[C@H]1C)N1c2cccc3c(CCn4cc[n+](C)c4)ccc(c23)S1(=O)=O. The first-order valence-electron chi connectivity index (χ1n) is 13.2. The van der Waals surface area contributed by atoms with Gasteiger partial charge >= 0.3 is 5.97 Å². The first-order valence-corrected chi connectivity index (χ1v) is 14.7. The molecule has 0 unspecified atom stereocenters. The number of sulfonamides is 1. The molecule has 4 atom stereocenters. The summed E-state index contributed by atoms with van der Waals surface area (Å²) in [5.74, 6) is -3.04. The molecule has 4 heterocycles. The van der Waals surface area contributed by atoms with Crippen LogP contribution in [-0.4, -0.2) is 52.1 Å². The van der Waals surface area contributed by atoms with Crippen molar-refractivity contribution in [2.45, 2.75) is 50.8 Å². The second-order valence-electron chi connectivity index (χ2n) is 10.8. The van der Waals surface area contributed by atoms with Gasteiger partial charge in [0.25, 0.3) is 10.0 Å². The largest absolute Gasteiger partial charge is 0.477 e. The monoisotopic (exact) mass is 563 g/mol. The molecule has 1 aromatic heterocycles. The molecule has 10 nitrogen and oxygen atoms in total. The molecule has 0 radical (unpaired) electrons. The number of aliphatic hydroxyl groups is 1. The highest BCUT2D eigenvalue weighted by Gasteiger charge is 2.61. The summed E-state index contributed by atoms with van der Waals surface area (Å²) in [5, 5.41) is 21.8. The number of allylic oxidation sites excluding steroid dienone is 2. The second kappa shape index (κ2) is 9.03. The number of β-lactam (4-membered cyclic amide) rings is 1. The van der Waals surface area contributed by atoms with E-state index in [2.05, 4.69) is 4.57 Å². The number of aliphatic carboxylic acids is 1. The van der Waals surface area contributed by atoms with Crippen LogP contribution in [0.2, 0.25) is 0 Å². The Labute approximate surface area is 232 Å². The second-order valence-corrected chi connectivity index (χ2v) is 12.5. The molecule has 1 amide bonds. The molecule has 3 aliphatic rings. The van der Waals surface area contributed by atoms with Crippen molar-refractivity contribution >= 4 is 38.4 Å². The first kappa shape index (κ1) is 26.3. The average molecular weight is 564 g/mol. The Morgan fingerprint density at radius 2 is 1.98 bits per heavy atom. The lowest BCUT2D eigenvalue weighted by molar-refractivity contribution is -0.671. The summed E-state index contributed by atoms with van der Waals surface area (Å²) in [6, 6.07) is 8.37. The molecular weight excluding hydrogens is 532 g/mol. The van der Waals surface area contributed by atoms with E-state index in [1.807, 2.05) is 48.5 Å². The van der Waals surface area contributed by atoms with E-state index in [0.29, 0.717) is 17.5 Å². The number of benzene rings is 2. The Hall–Kier alpha value is -3.96. The molecular formula is C29H31N4O6S+. The average Bonchev–Trinajstić information content (AvgIpc) is 3.50. The van der Waals surface area contributed by atoms with Crippen molar-refractivity contribution in [1.29, 1.82) is 0 Å². The molecule has 2 N–H and O–H groups in total. The van der Waals surface area contributed by atoms with E-state index in [4.69, 9.17) is 0 Å². The summed E-state index contributed by atoms with van der Waals surface area (Å²) in [6.45, 7) is 5.68. The van der Waals surface area contributed by atoms with Gasteiger partial charge in [0.1, 0.15) is 18.1 Å². The zero-order valence-electron chi connectivity index (χ0n) is 22.6. The van der Waals surface area contributed by atoms with Gasteiger partial charge in [-0.3, -0.25) is 4.79 Å². The van der Waals surface area contributed by atoms with Crippen LogP contribution in [0.25, 0.3) is 10.8 Å². The van der Waals surface area contributed by atoms with E-state index in [-0.39, 0.29) is 21.9 Å². The van der Waals surface area contributed by atoms with E-state index in [9.17, 15) is 28.2 Å². The maximum atomic E-state index is 14.1. The lowest BCUT2D eigenvalue weighted by Crippen LogP contribution is -2.63. The zero-order valence-corrected chi connectivity index (χ0v) is 23.5. The van der Waals surface area contributed by atoms with Crippen LogP contribution in [-0.2, 0) is 39.6 Å². The summed E-state index contributed by atoms with van der Waals surface area (Å²) < 4.78 is 33.5. The number of rotatable bonds is 7. The number of anilines is 1. The number of imidazole rings is 1. The highest BCUT2D eigenvalue weighted by atomic mass is 32.2. The molecule has 3 aromatic rings. The smallest absolute Gasteiger partial charge is 0.352 e. The first-order chi connectivity index (χ1) is 19.0. The van der Waals surface area contributed by atoms with Crippen molar-refractivity contribution in [1.82, 2.24) is 9.47 Å². The minimum absolute atomic E-state index is 0.165. The lowest BCUT2D eigenvalue weighted by Gasteiger charge is -2.46. The number of carbonyl (C=O) groups is 2. The lowest BCUT2D eigenvalue weighted by atomic mass is 9.77. The fourth-order valence-corrected chi connectivity index (χ4v) is 8.46. The number of carboxylic acids is 1. The topological polar surface area (TPSA) is 124 Å². The summed E-state index contributed by atoms with van der Waals surface area (Å²) in [5.41, 5.74) is 1.70. The van der Waals surface area contributed by atoms with Gasteiger partial charge in [0, 0.05) is 23.3 Å². The number of carboxylic acid groups (broad SMARTS) is 1. The number of carbonyl (C=O) groups excluding carboxylic acids is 1. The summed E-state index contributed by atoms with van der Waals surface area (Å²) in [4.78, 5) is 26.8. The molecule has 2 aromatic carbocycles. The van der Waals surface area contributed by atoms with Gasteiger partial charge in [0.2, 0.25) is 12.2 Å². The Morgan fingerprint density at radius 1 is 1.23 bits per heavy atom. The Bertz CT molecular complexity index is 1770. The summed E-state index contributed by atoms with van der Waals surface area (Å²) in [6.07, 6.45) is 7.25. The molecule has 40 heavy (non-hydrogen) atoms. The molecule has 208 valence electrons. The van der Waals surface area contributed by atoms with E-state index < -0.39 is 45.9 Å². The van der Waals surface area contributed by atoms with Gasteiger partial charge < -0.3 is 15.1 Å². The van der Waals surface area contributed by atoms with Crippen LogP contribution >= 0.6 is 0 Å². The Balaban J connectivity index is 1.47. The highest BCUT2D eigenvalue weighted by molar-refractivity contribution is 7.93. The standard InChI is InChI=1S/C29H30N4O6S/c1-5-20(23-16(2)26-24(17(3)34)28(35)32(26)27(23)29(36)37)33-21-8-6-7-19-18(11-12-31-14-13-30(4)15-31)9-10-22(25(19)21)40(33,38)39/h5-10,13-17,24,26,34H,11-12H2,1-4H3/p+1/b20-5-/t16-,17+,24+,26+/m0/s1. The number of amides is 1. The normalized spacial score (nSPS) is 24.1. The molecule has 0 spiro atoms. The molecule has 0 bridgehead atoms. The van der Waals surface area contributed by atoms with Gasteiger partial charge in [-0.15, -0.1) is 0 Å². The molecule has 1 fully saturated rings. The molecule has 6 rings (SSSR count). The number of aryl methyl sites for hydroxylation is 3. The third kappa shape index (κ3) is 3.50. The van der Waals surface area contributed by atoms with E-state index in [1.54, 1.807) is 32.1 Å². The van der Waals surface area contributed by atoms with Crippen LogP contribution in [0, 0.1) is 11.8 Å². The van der Waals surface area contributed by atoms with Crippen LogP contribution in [0.1, 0.15) is 26.3 Å². The molecule has 3 aliphatic heterocycles. The van der Waals surface area contributed by atoms with Gasteiger partial charge in [-0.05, 0) is 36.9 Å². The van der Waals surface area contributed by atoms with Crippen molar-refractivity contribution in [2.75, 3.05) is 4.31 Å². The zero-order chi connectivity index (χ0) is 28.7. The van der Waals surface area contributed by atoms with Crippen LogP contribution in [0.5, 0.6) is 0 Å². The van der Waals surface area contributed by atoms with Gasteiger partial charge in [0.15, 0.2) is 0 Å². The third-order valence-corrected chi connectivity index (χ3v) is 10.2. The van der Waals surface area contributed by atoms with Crippen molar-refractivity contribution in [3.63, 3.8) is 0 Å². The van der Waals surface area contributed by atoms with Crippen molar-refractivity contribution in [2.24, 2.45) is 18.9 Å². The number of fused-ring (bicyclic) bond motifs is 1. The number of aromatic nitrogens is 2. The van der Waals surface area contributed by atoms with E-state index in [0.717, 1.165) is 17.5 Å². The minimum atomic E-state index is -4.08. The Morgan fingerprint density at radius 3 is 2.60 bits per heavy atom. The maximum Gasteiger partial charge on any atom is 0.352 e. The van der Waals surface area contributed by atoms with Crippen LogP contribution in [0.4, 0.5) is 5.69 Å². The fourth-order valence-electron chi connectivity index (χ4n) is 6.68. The minimum Gasteiger partial charge on any atom is -0.477 e. The van der Waals surface area contributed by atoms with E-state index in [1.165, 1.54) is 16.1 Å². The summed E-state index contributed by atoms with van der Waals surface area (Å²) in [7, 11) is -2.13. The number of hydrogen-bond donors (Lipinski definition) is 2. The highest BCUT2D eigenvalue weighted by Crippen LogP contribution is 2.53. The van der Waals surface area contributed by atoms with Gasteiger partial charge in [-0.25, -0.2) is 26.7 Å². The third-order valence-electron chi connectivity index (χ3n) is 8.41. The van der Waals surface area contributed by atoms with Crippen molar-refractivity contribution in [3.05, 3.63) is 77.7 Å². The number of nitrogens with zero attached hydrogens (tertiary/aromatic N) is 4. The van der Waals surface area contributed by atoms with Gasteiger partial charge in [-0.1, -0.05) is 31.2 Å². The van der Waals surface area contributed by atoms with Crippen LogP contribution in [0.3, 0.4) is 0 Å². The number of hydrogen-bond acceptors (Lipinski definition) is 5. The van der Waals surface area contributed by atoms with Crippen LogP contribution in [0.15, 0.2) is 77.0 Å². The van der Waals surface area contributed by atoms with Gasteiger partial charge in [-0.2, -0.15) is 0 Å². The predicted octanol–water partition coefficient (Wildman–Crippen LogP) is 2.32. The van der Waals surface area contributed by atoms with Crippen molar-refractivity contribution < 1.29 is 32.8 Å². The van der Waals surface area contributed by atoms with Gasteiger partial charge in [0.05, 0.1) is 47.9 Å². The molecule has 1 saturated heterocycles. The Kier molecular flexibility index (Phi) is 5.93. The molecule has 0 saturated carbocycles. The van der Waals surface area contributed by atoms with Crippen LogP contribution < -0.4 is 8.87 Å². The quantitative estimate of drug-likeness (QED) is 0.336. The molecule has 0 aliphatic carbocycles. The molecule has 11 heteroatoms. The predicted molar refractivity (Wildman–Crippen MR) is 146 cm³/mol. The van der Waals surface area contributed by atoms with Crippen molar-refractivity contribution in [3.8, 4) is 0 Å². The summed E-state index contributed by atoms with van der Waals surface area (Å²) >= 11 is 0.